The van der Waals surface area contributed by atoms with Crippen molar-refractivity contribution < 1.29 is 4.79 Å². The number of amides is 1. The van der Waals surface area contributed by atoms with E-state index < -0.39 is 0 Å². The molecule has 3 heterocycles. The van der Waals surface area contributed by atoms with Crippen molar-refractivity contribution in [1.82, 2.24) is 19.4 Å². The first-order valence-electron chi connectivity index (χ1n) is 9.64. The Morgan fingerprint density at radius 3 is 2.78 bits per heavy atom. The fraction of sp³-hybridized carbons (Fsp3) is 0.409. The van der Waals surface area contributed by atoms with Crippen molar-refractivity contribution in [3.63, 3.8) is 0 Å². The number of hydrogen-bond acceptors (Lipinski definition) is 3. The van der Waals surface area contributed by atoms with Crippen LogP contribution in [0.1, 0.15) is 59.5 Å². The van der Waals surface area contributed by atoms with E-state index in [4.69, 9.17) is 4.98 Å². The van der Waals surface area contributed by atoms with E-state index in [1.54, 1.807) is 6.20 Å². The third-order valence-electron chi connectivity index (χ3n) is 5.49. The monoisotopic (exact) mass is 362 g/mol. The van der Waals surface area contributed by atoms with Crippen molar-refractivity contribution >= 4 is 16.9 Å². The van der Waals surface area contributed by atoms with Crippen molar-refractivity contribution in [3.05, 3.63) is 59.2 Å². The second-order valence-electron chi connectivity index (χ2n) is 7.85. The largest absolute Gasteiger partial charge is 0.338 e. The van der Waals surface area contributed by atoms with Gasteiger partial charge in [-0.1, -0.05) is 17.7 Å². The standard InChI is InChI=1S/C22H26N4O/c1-14(2)26-20-12-23-9-7-19(20)24-21(26)17-8-10-25(13-17)22(27)18-6-5-15(3)11-16(18)4/h5-7,9,11-12,14,17H,8,10,13H2,1-4H3. The molecule has 0 aliphatic carbocycles. The second kappa shape index (κ2) is 6.80. The van der Waals surface area contributed by atoms with Gasteiger partial charge in [0.2, 0.25) is 0 Å². The van der Waals surface area contributed by atoms with Gasteiger partial charge in [-0.15, -0.1) is 0 Å². The van der Waals surface area contributed by atoms with Gasteiger partial charge in [0.05, 0.1) is 17.2 Å². The molecular weight excluding hydrogens is 336 g/mol. The SMILES string of the molecule is Cc1ccc(C(=O)N2CCC(c3nc4ccncc4n3C(C)C)C2)c(C)c1. The van der Waals surface area contributed by atoms with Gasteiger partial charge in [0.15, 0.2) is 0 Å². The van der Waals surface area contributed by atoms with Crippen LogP contribution in [0.5, 0.6) is 0 Å². The Labute approximate surface area is 160 Å². The highest BCUT2D eigenvalue weighted by Gasteiger charge is 2.32. The molecule has 1 fully saturated rings. The van der Waals surface area contributed by atoms with Crippen molar-refractivity contribution in [1.29, 1.82) is 0 Å². The summed E-state index contributed by atoms with van der Waals surface area (Å²) in [5.41, 5.74) is 5.09. The summed E-state index contributed by atoms with van der Waals surface area (Å²) in [6.07, 6.45) is 4.62. The van der Waals surface area contributed by atoms with E-state index in [1.165, 1.54) is 5.56 Å². The third kappa shape index (κ3) is 3.11. The average Bonchev–Trinajstić information content (AvgIpc) is 3.25. The fourth-order valence-corrected chi connectivity index (χ4v) is 4.17. The number of carbonyl (C=O) groups is 1. The maximum atomic E-state index is 13.0. The number of nitrogens with zero attached hydrogens (tertiary/aromatic N) is 4. The van der Waals surface area contributed by atoms with Gasteiger partial charge in [-0.2, -0.15) is 0 Å². The van der Waals surface area contributed by atoms with Gasteiger partial charge in [-0.05, 0) is 51.8 Å². The molecule has 3 aromatic rings. The van der Waals surface area contributed by atoms with Gasteiger partial charge < -0.3 is 9.47 Å². The minimum absolute atomic E-state index is 0.129. The fourth-order valence-electron chi connectivity index (χ4n) is 4.17. The Bertz CT molecular complexity index is 1000. The molecule has 5 heteroatoms. The number of rotatable bonds is 3. The summed E-state index contributed by atoms with van der Waals surface area (Å²) >= 11 is 0. The molecular formula is C22H26N4O. The zero-order chi connectivity index (χ0) is 19.1. The second-order valence-corrected chi connectivity index (χ2v) is 7.85. The molecule has 1 aromatic carbocycles. The van der Waals surface area contributed by atoms with Crippen LogP contribution in [0.15, 0.2) is 36.7 Å². The van der Waals surface area contributed by atoms with E-state index in [1.807, 2.05) is 36.2 Å². The number of likely N-dealkylation sites (tertiary alicyclic amines) is 1. The van der Waals surface area contributed by atoms with E-state index in [0.29, 0.717) is 6.04 Å². The van der Waals surface area contributed by atoms with Crippen LogP contribution in [0, 0.1) is 13.8 Å². The highest BCUT2D eigenvalue weighted by Crippen LogP contribution is 2.32. The molecule has 0 saturated carbocycles. The lowest BCUT2D eigenvalue weighted by Gasteiger charge is -2.19. The van der Waals surface area contributed by atoms with Gasteiger partial charge in [-0.3, -0.25) is 9.78 Å². The summed E-state index contributed by atoms with van der Waals surface area (Å²) in [5.74, 6) is 1.46. The summed E-state index contributed by atoms with van der Waals surface area (Å²) in [6.45, 7) is 9.90. The van der Waals surface area contributed by atoms with E-state index in [-0.39, 0.29) is 11.8 Å². The van der Waals surface area contributed by atoms with Crippen LogP contribution in [0.2, 0.25) is 0 Å². The maximum Gasteiger partial charge on any atom is 0.254 e. The first-order valence-corrected chi connectivity index (χ1v) is 9.64. The Morgan fingerprint density at radius 1 is 1.22 bits per heavy atom. The quantitative estimate of drug-likeness (QED) is 0.699. The van der Waals surface area contributed by atoms with Crippen molar-refractivity contribution in [2.45, 2.75) is 46.1 Å². The third-order valence-corrected chi connectivity index (χ3v) is 5.49. The van der Waals surface area contributed by atoms with Crippen LogP contribution >= 0.6 is 0 Å². The lowest BCUT2D eigenvalue weighted by atomic mass is 10.0. The normalized spacial score (nSPS) is 17.2. The number of pyridine rings is 1. The number of aryl methyl sites for hydroxylation is 2. The smallest absolute Gasteiger partial charge is 0.254 e. The van der Waals surface area contributed by atoms with Crippen LogP contribution in [0.25, 0.3) is 11.0 Å². The molecule has 0 N–H and O–H groups in total. The highest BCUT2D eigenvalue weighted by atomic mass is 16.2. The number of benzene rings is 1. The van der Waals surface area contributed by atoms with E-state index in [0.717, 1.165) is 47.5 Å². The minimum atomic E-state index is 0.129. The molecule has 1 unspecified atom stereocenters. The average molecular weight is 362 g/mol. The van der Waals surface area contributed by atoms with Crippen molar-refractivity contribution in [2.75, 3.05) is 13.1 Å². The van der Waals surface area contributed by atoms with Crippen LogP contribution in [-0.2, 0) is 0 Å². The maximum absolute atomic E-state index is 13.0. The van der Waals surface area contributed by atoms with Crippen LogP contribution in [-0.4, -0.2) is 38.4 Å². The topological polar surface area (TPSA) is 51.0 Å². The Kier molecular flexibility index (Phi) is 4.46. The van der Waals surface area contributed by atoms with Gasteiger partial charge in [0.1, 0.15) is 5.82 Å². The summed E-state index contributed by atoms with van der Waals surface area (Å²) in [6, 6.07) is 8.31. The molecule has 5 nitrogen and oxygen atoms in total. The minimum Gasteiger partial charge on any atom is -0.338 e. The molecule has 0 spiro atoms. The van der Waals surface area contributed by atoms with E-state index in [2.05, 4.69) is 36.4 Å². The number of aromatic nitrogens is 3. The van der Waals surface area contributed by atoms with Gasteiger partial charge in [-0.25, -0.2) is 4.98 Å². The molecule has 4 rings (SSSR count). The van der Waals surface area contributed by atoms with E-state index >= 15 is 0 Å². The molecule has 0 radical (unpaired) electrons. The van der Waals surface area contributed by atoms with Gasteiger partial charge >= 0.3 is 0 Å². The number of hydrogen-bond donors (Lipinski definition) is 0. The first kappa shape index (κ1) is 17.7. The molecule has 2 aromatic heterocycles. The van der Waals surface area contributed by atoms with Crippen molar-refractivity contribution in [3.8, 4) is 0 Å². The van der Waals surface area contributed by atoms with E-state index in [9.17, 15) is 4.79 Å². The summed E-state index contributed by atoms with van der Waals surface area (Å²) in [5, 5.41) is 0. The molecule has 1 aliphatic heterocycles. The number of imidazole rings is 1. The Morgan fingerprint density at radius 2 is 2.04 bits per heavy atom. The molecule has 1 amide bonds. The van der Waals surface area contributed by atoms with Crippen LogP contribution in [0.4, 0.5) is 0 Å². The molecule has 140 valence electrons. The Balaban J connectivity index is 1.62. The summed E-state index contributed by atoms with van der Waals surface area (Å²) in [4.78, 5) is 24.2. The Hall–Kier alpha value is -2.69. The molecule has 1 aliphatic rings. The number of carbonyl (C=O) groups excluding carboxylic acids is 1. The van der Waals surface area contributed by atoms with Crippen molar-refractivity contribution in [2.24, 2.45) is 0 Å². The highest BCUT2D eigenvalue weighted by molar-refractivity contribution is 5.96. The molecule has 27 heavy (non-hydrogen) atoms. The number of fused-ring (bicyclic) bond motifs is 1. The lowest BCUT2D eigenvalue weighted by Crippen LogP contribution is -2.29. The first-order chi connectivity index (χ1) is 13.0. The predicted molar refractivity (Wildman–Crippen MR) is 107 cm³/mol. The molecule has 0 bridgehead atoms. The lowest BCUT2D eigenvalue weighted by molar-refractivity contribution is 0.0789. The summed E-state index contributed by atoms with van der Waals surface area (Å²) in [7, 11) is 0. The molecule has 1 atom stereocenters. The van der Waals surface area contributed by atoms with Crippen LogP contribution in [0.3, 0.4) is 0 Å². The zero-order valence-corrected chi connectivity index (χ0v) is 16.4. The predicted octanol–water partition coefficient (Wildman–Crippen LogP) is 4.26. The van der Waals surface area contributed by atoms with Crippen LogP contribution < -0.4 is 0 Å². The van der Waals surface area contributed by atoms with Gasteiger partial charge in [0.25, 0.3) is 5.91 Å². The zero-order valence-electron chi connectivity index (χ0n) is 16.4. The summed E-state index contributed by atoms with van der Waals surface area (Å²) < 4.78 is 2.28. The van der Waals surface area contributed by atoms with Gasteiger partial charge in [0, 0.05) is 36.8 Å². The molecule has 1 saturated heterocycles.